The molecule has 3 nitrogen and oxygen atoms in total. The number of benzene rings is 2. The van der Waals surface area contributed by atoms with Crippen LogP contribution in [0.5, 0.6) is 0 Å². The molecule has 2 aromatic rings. The Kier molecular flexibility index (Phi) is 8.22. The van der Waals surface area contributed by atoms with Crippen LogP contribution >= 0.6 is 23.2 Å². The fraction of sp³-hybridized carbons (Fsp3) is 0.483. The highest BCUT2D eigenvalue weighted by atomic mass is 35.5. The summed E-state index contributed by atoms with van der Waals surface area (Å²) in [6, 6.07) is 15.4. The van der Waals surface area contributed by atoms with Crippen LogP contribution in [0.3, 0.4) is 0 Å². The molecule has 184 valence electrons. The van der Waals surface area contributed by atoms with Crippen LogP contribution in [-0.2, 0) is 4.79 Å². The van der Waals surface area contributed by atoms with Crippen LogP contribution in [0.1, 0.15) is 77.0 Å². The average molecular weight is 503 g/mol. The minimum atomic E-state index is -0.941. The number of hydrogen-bond donors (Lipinski definition) is 1. The van der Waals surface area contributed by atoms with E-state index in [9.17, 15) is 9.90 Å². The van der Waals surface area contributed by atoms with Crippen LogP contribution in [0.4, 0.5) is 0 Å². The van der Waals surface area contributed by atoms with Crippen molar-refractivity contribution in [3.63, 3.8) is 0 Å². The lowest BCUT2D eigenvalue weighted by Crippen LogP contribution is -2.59. The maximum absolute atomic E-state index is 14.3. The molecule has 5 atom stereocenters. The molecule has 0 aromatic heterocycles. The first-order valence-corrected chi connectivity index (χ1v) is 12.9. The molecule has 34 heavy (non-hydrogen) atoms. The van der Waals surface area contributed by atoms with Gasteiger partial charge in [0.05, 0.1) is 17.1 Å². The van der Waals surface area contributed by atoms with E-state index < -0.39 is 11.0 Å². The van der Waals surface area contributed by atoms with Gasteiger partial charge in [0.25, 0.3) is 0 Å². The number of hydrogen-bond acceptors (Lipinski definition) is 2. The number of allylic oxidation sites excluding steroid dienone is 1. The molecule has 1 amide bonds. The summed E-state index contributed by atoms with van der Waals surface area (Å²) in [5.74, 6) is -0.0125. The third-order valence-electron chi connectivity index (χ3n) is 7.65. The van der Waals surface area contributed by atoms with E-state index in [4.69, 9.17) is 23.2 Å². The van der Waals surface area contributed by atoms with Crippen molar-refractivity contribution in [1.29, 1.82) is 0 Å². The first-order chi connectivity index (χ1) is 15.9. The summed E-state index contributed by atoms with van der Waals surface area (Å²) >= 11 is 12.7. The zero-order valence-electron chi connectivity index (χ0n) is 20.9. The molecule has 1 heterocycles. The predicted molar refractivity (Wildman–Crippen MR) is 142 cm³/mol. The Labute approximate surface area is 214 Å². The molecule has 0 saturated carbocycles. The van der Waals surface area contributed by atoms with Crippen LogP contribution in [0, 0.1) is 11.3 Å². The van der Waals surface area contributed by atoms with Gasteiger partial charge in [-0.25, -0.2) is 0 Å². The zero-order chi connectivity index (χ0) is 25.3. The van der Waals surface area contributed by atoms with Crippen molar-refractivity contribution < 1.29 is 9.90 Å². The first kappa shape index (κ1) is 26.8. The van der Waals surface area contributed by atoms with Crippen molar-refractivity contribution in [1.82, 2.24) is 4.90 Å². The van der Waals surface area contributed by atoms with E-state index in [0.717, 1.165) is 17.5 Å². The molecule has 3 rings (SSSR count). The Hall–Kier alpha value is -1.81. The minimum Gasteiger partial charge on any atom is -0.390 e. The van der Waals surface area contributed by atoms with Gasteiger partial charge >= 0.3 is 0 Å². The Bertz CT molecular complexity index is 1010. The first-order valence-electron chi connectivity index (χ1n) is 12.1. The molecule has 1 fully saturated rings. The molecule has 5 heteroatoms. The van der Waals surface area contributed by atoms with Gasteiger partial charge in [0, 0.05) is 27.9 Å². The van der Waals surface area contributed by atoms with Crippen molar-refractivity contribution >= 4 is 29.1 Å². The van der Waals surface area contributed by atoms with Crippen LogP contribution in [-0.4, -0.2) is 27.6 Å². The van der Waals surface area contributed by atoms with Gasteiger partial charge in [0.15, 0.2) is 0 Å². The molecule has 0 aliphatic carbocycles. The summed E-state index contributed by atoms with van der Waals surface area (Å²) in [7, 11) is 0. The molecule has 0 bridgehead atoms. The van der Waals surface area contributed by atoms with Crippen molar-refractivity contribution in [3.8, 4) is 0 Å². The Balaban J connectivity index is 2.27. The number of amides is 1. The molecule has 1 unspecified atom stereocenters. The van der Waals surface area contributed by atoms with Gasteiger partial charge in [0.1, 0.15) is 0 Å². The third-order valence-corrected chi connectivity index (χ3v) is 8.14. The number of aliphatic hydroxyl groups is 1. The number of halogens is 2. The maximum Gasteiger partial charge on any atom is 0.229 e. The summed E-state index contributed by atoms with van der Waals surface area (Å²) in [6.07, 6.45) is 3.83. The van der Waals surface area contributed by atoms with E-state index in [0.29, 0.717) is 22.9 Å². The zero-order valence-corrected chi connectivity index (χ0v) is 22.4. The topological polar surface area (TPSA) is 40.5 Å². The molecule has 2 aromatic carbocycles. The Morgan fingerprint density at radius 1 is 1.18 bits per heavy atom. The lowest BCUT2D eigenvalue weighted by molar-refractivity contribution is -0.159. The van der Waals surface area contributed by atoms with E-state index in [1.54, 1.807) is 0 Å². The second kappa shape index (κ2) is 10.4. The number of nitrogens with zero attached hydrogens (tertiary/aromatic N) is 1. The summed E-state index contributed by atoms with van der Waals surface area (Å²) < 4.78 is 0. The Morgan fingerprint density at radius 3 is 2.35 bits per heavy atom. The molecule has 1 saturated heterocycles. The van der Waals surface area contributed by atoms with E-state index in [-0.39, 0.29) is 29.8 Å². The molecular weight excluding hydrogens is 465 g/mol. The van der Waals surface area contributed by atoms with Crippen LogP contribution in [0.2, 0.25) is 10.0 Å². The lowest BCUT2D eigenvalue weighted by atomic mass is 9.66. The minimum absolute atomic E-state index is 0.0191. The predicted octanol–water partition coefficient (Wildman–Crippen LogP) is 7.82. The van der Waals surface area contributed by atoms with Crippen LogP contribution in [0.25, 0.3) is 0 Å². The summed E-state index contributed by atoms with van der Waals surface area (Å²) in [5, 5.41) is 12.3. The van der Waals surface area contributed by atoms with Gasteiger partial charge in [-0.2, -0.15) is 0 Å². The monoisotopic (exact) mass is 501 g/mol. The lowest BCUT2D eigenvalue weighted by Gasteiger charge is -2.54. The number of piperidine rings is 1. The molecular formula is C29H37Cl2NO2. The SMILES string of the molecule is C=CC[C@@]1(C)C[C@H](c2cccc(Cl)c2)[C@@H](c2ccc(Cl)cc2)N(C(CC)[C@@H](C)C(C)(C)O)C1=O. The molecule has 1 N–H and O–H groups in total. The summed E-state index contributed by atoms with van der Waals surface area (Å²) in [6.45, 7) is 13.8. The quantitative estimate of drug-likeness (QED) is 0.374. The number of carbonyl (C=O) groups excluding carboxylic acids is 1. The smallest absolute Gasteiger partial charge is 0.229 e. The fourth-order valence-electron chi connectivity index (χ4n) is 5.51. The molecule has 0 spiro atoms. The third kappa shape index (κ3) is 5.37. The highest BCUT2D eigenvalue weighted by molar-refractivity contribution is 6.30. The van der Waals surface area contributed by atoms with Gasteiger partial charge in [-0.1, -0.05) is 74.3 Å². The van der Waals surface area contributed by atoms with Crippen molar-refractivity contribution in [3.05, 3.63) is 82.4 Å². The van der Waals surface area contributed by atoms with E-state index >= 15 is 0 Å². The second-order valence-corrected chi connectivity index (χ2v) is 11.4. The van der Waals surface area contributed by atoms with Gasteiger partial charge in [-0.15, -0.1) is 6.58 Å². The summed E-state index contributed by atoms with van der Waals surface area (Å²) in [4.78, 5) is 16.4. The fourth-order valence-corrected chi connectivity index (χ4v) is 5.84. The van der Waals surface area contributed by atoms with E-state index in [1.165, 1.54) is 0 Å². The number of carbonyl (C=O) groups is 1. The van der Waals surface area contributed by atoms with Crippen molar-refractivity contribution in [2.75, 3.05) is 0 Å². The van der Waals surface area contributed by atoms with Crippen molar-refractivity contribution in [2.45, 2.75) is 77.5 Å². The molecule has 1 aliphatic rings. The van der Waals surface area contributed by atoms with Gasteiger partial charge in [-0.3, -0.25) is 4.79 Å². The number of likely N-dealkylation sites (tertiary alicyclic amines) is 1. The molecule has 0 radical (unpaired) electrons. The number of rotatable bonds is 8. The summed E-state index contributed by atoms with van der Waals surface area (Å²) in [5.41, 5.74) is 0.587. The van der Waals surface area contributed by atoms with E-state index in [2.05, 4.69) is 24.5 Å². The second-order valence-electron chi connectivity index (χ2n) is 10.5. The highest BCUT2D eigenvalue weighted by Gasteiger charge is 2.52. The highest BCUT2D eigenvalue weighted by Crippen LogP contribution is 2.53. The van der Waals surface area contributed by atoms with Gasteiger partial charge < -0.3 is 10.0 Å². The van der Waals surface area contributed by atoms with Crippen LogP contribution < -0.4 is 0 Å². The van der Waals surface area contributed by atoms with Crippen LogP contribution in [0.15, 0.2) is 61.2 Å². The van der Waals surface area contributed by atoms with Crippen molar-refractivity contribution in [2.24, 2.45) is 11.3 Å². The average Bonchev–Trinajstić information content (AvgIpc) is 2.77. The van der Waals surface area contributed by atoms with Gasteiger partial charge in [-0.05, 0) is 68.5 Å². The molecule has 1 aliphatic heterocycles. The van der Waals surface area contributed by atoms with E-state index in [1.807, 2.05) is 76.2 Å². The Morgan fingerprint density at radius 2 is 1.82 bits per heavy atom. The largest absolute Gasteiger partial charge is 0.390 e. The maximum atomic E-state index is 14.3. The van der Waals surface area contributed by atoms with Gasteiger partial charge in [0.2, 0.25) is 5.91 Å². The normalized spacial score (nSPS) is 25.2. The standard InChI is InChI=1S/C29H37Cl2NO2/c1-7-16-29(6)18-24(21-10-9-11-23(31)17-21)26(20-12-14-22(30)15-13-20)32(27(29)33)25(8-2)19(3)28(4,5)34/h7,9-15,17,19,24-26,34H,1,8,16,18H2,2-6H3/t19-,24-,25?,26-,29+/m1/s1.